The van der Waals surface area contributed by atoms with Gasteiger partial charge in [0.15, 0.2) is 17.3 Å². The van der Waals surface area contributed by atoms with Crippen molar-refractivity contribution in [2.75, 3.05) is 59.8 Å². The van der Waals surface area contributed by atoms with Crippen LogP contribution in [0.5, 0.6) is 11.5 Å². The number of anilines is 1. The zero-order chi connectivity index (χ0) is 102. The molecular weight excluding hydrogens is 1790 g/mol. The van der Waals surface area contributed by atoms with Crippen LogP contribution in [0.3, 0.4) is 0 Å². The van der Waals surface area contributed by atoms with Crippen LogP contribution < -0.4 is 67.3 Å². The number of hydrogen-bond acceptors (Lipinski definition) is 28. The normalized spacial score (nSPS) is 13.8. The Morgan fingerprint density at radius 2 is 0.899 bits per heavy atom. The zero-order valence-corrected chi connectivity index (χ0v) is 84.7. The van der Waals surface area contributed by atoms with Crippen LogP contribution in [0.25, 0.3) is 56.2 Å². The Morgan fingerprint density at radius 3 is 1.28 bits per heavy atom. The quantitative estimate of drug-likeness (QED) is 0.00964. The van der Waals surface area contributed by atoms with E-state index in [0.29, 0.717) is 78.8 Å². The Morgan fingerprint density at radius 1 is 0.532 bits per heavy atom. The number of fused-ring (bicyclic) bond motifs is 5. The molecule has 11 N–H and O–H groups in total. The van der Waals surface area contributed by atoms with Gasteiger partial charge < -0.3 is 62.7 Å². The Hall–Kier alpha value is -13.8. The van der Waals surface area contributed by atoms with E-state index in [0.717, 1.165) is 28.3 Å². The molecule has 0 saturated heterocycles. The fourth-order valence-corrected chi connectivity index (χ4v) is 15.3. The van der Waals surface area contributed by atoms with Gasteiger partial charge in [-0.05, 0) is 132 Å². The Bertz CT molecular complexity index is 6220. The molecular formula is C104H123N14NaO20. The van der Waals surface area contributed by atoms with Gasteiger partial charge in [0.1, 0.15) is 47.8 Å². The summed E-state index contributed by atoms with van der Waals surface area (Å²) in [6.45, 7) is 33.9. The van der Waals surface area contributed by atoms with Crippen LogP contribution in [0, 0.1) is 81.2 Å². The molecule has 0 radical (unpaired) electrons. The minimum absolute atomic E-state index is 0. The van der Waals surface area contributed by atoms with E-state index in [4.69, 9.17) is 42.3 Å². The number of Topliss-reactive ketones (excluding diaryl/α,β-unsaturated/α-hetero) is 3. The first kappa shape index (κ1) is 114. The molecule has 35 heteroatoms. The number of methoxy groups -OCH3 is 2. The predicted octanol–water partition coefficient (Wildman–Crippen LogP) is 14.4. The number of rotatable bonds is 26. The molecule has 11 rings (SSSR count). The van der Waals surface area contributed by atoms with Gasteiger partial charge in [-0.3, -0.25) is 59.3 Å². The van der Waals surface area contributed by atoms with E-state index in [1.54, 1.807) is 94.4 Å². The number of ether oxygens (including phenoxy) is 4. The molecule has 0 saturated carbocycles. The number of nitrogens with two attached hydrogens (primary N) is 4. The number of benzene rings is 6. The monoisotopic (exact) mass is 1910 g/mol. The third kappa shape index (κ3) is 29.4. The summed E-state index contributed by atoms with van der Waals surface area (Å²) < 4.78 is 21.6. The Labute approximate surface area is 831 Å². The Balaban J connectivity index is 0.000000336. The van der Waals surface area contributed by atoms with Crippen molar-refractivity contribution in [2.24, 2.45) is 29.0 Å². The summed E-state index contributed by atoms with van der Waals surface area (Å²) in [7, 11) is 4.01. The van der Waals surface area contributed by atoms with Gasteiger partial charge in [0, 0.05) is 120 Å². The number of carbonyl (C=O) groups excluding carboxylic acids is 7. The van der Waals surface area contributed by atoms with E-state index >= 15 is 0 Å². The van der Waals surface area contributed by atoms with E-state index in [-0.39, 0.29) is 190 Å². The van der Waals surface area contributed by atoms with Crippen molar-refractivity contribution >= 4 is 69.8 Å². The number of nitro groups is 3. The van der Waals surface area contributed by atoms with E-state index in [9.17, 15) is 74.0 Å². The number of ketones is 3. The number of carbonyl (C=O) groups is 8. The number of nitrogen functional groups attached to an aromatic ring is 1. The second kappa shape index (κ2) is 49.5. The summed E-state index contributed by atoms with van der Waals surface area (Å²) in [5.74, 6) is -6.23. The van der Waals surface area contributed by atoms with Crippen LogP contribution in [0.4, 0.5) is 22.7 Å². The molecule has 10 aromatic rings. The number of carboxylic acids is 1. The van der Waals surface area contributed by atoms with E-state index in [1.165, 1.54) is 50.8 Å². The summed E-state index contributed by atoms with van der Waals surface area (Å²) in [5, 5.41) is 56.3. The molecule has 730 valence electrons. The van der Waals surface area contributed by atoms with Gasteiger partial charge in [-0.15, -0.1) is 0 Å². The third-order valence-corrected chi connectivity index (χ3v) is 23.2. The molecule has 1 aliphatic heterocycles. The molecule has 1 aliphatic rings. The number of nitrogens with one attached hydrogen (secondary N) is 1. The fraction of sp³-hybridized carbons (Fsp3) is 0.375. The molecule has 6 aromatic carbocycles. The fourth-order valence-electron chi connectivity index (χ4n) is 15.3. The standard InChI is InChI=1S/C51H62N8O9.C18H20N2O4.C18H22N2O2.C17H18N2O4.Na.H2O/c1-30-24-44(62)48(58(6)50(64)35(17-19-53)28-43(61)37-29-41(59(65)66)47(56-31(37)2)33-10-13-36(14-11-33)51(3,4)5)34-12-16-46(68-23-21-55)39(27-34)38-25-32(9-15-45(38)67-22-20-54)26-40(57-49(30)63)42(60)8-7-18-52;1-11-14(17(21)24-5)10-15(20(22)23)16(19-11)12-6-8-13(9-7-12)18(2,3)4;1-11-14(17(21)22-5)10-15(19)16(20-11)12-6-8-13(9-7-12)18(2,3)4;1-10-13(16(20)21)9-14(19(22)23)15(18-10)11-5-7-12(8-6-11)17(2,3)4;;/h9-16,25,27,29-30,35,40,48H,7-8,17,19-24,26,28,53-55H2,1-6H3,(H,57,63);6-10H,1-5H3;6-10H,19H2,1-5H3;5-9H,1-4H3,(H,20,21);;1H2/q;;;;+1;/p-1/t30-,35-,40+,48+;;;;;/m1...../s1. The van der Waals surface area contributed by atoms with Crippen LogP contribution >= 0.6 is 0 Å². The molecule has 0 unspecified atom stereocenters. The van der Waals surface area contributed by atoms with Crippen molar-refractivity contribution in [1.29, 1.82) is 5.26 Å². The number of nitriles is 1. The topological polar surface area (TPSA) is 548 Å². The largest absolute Gasteiger partial charge is 1.00 e. The summed E-state index contributed by atoms with van der Waals surface area (Å²) >= 11 is 0. The number of aryl methyl sites for hydroxylation is 4. The second-order valence-electron chi connectivity index (χ2n) is 37.5. The Kier molecular flexibility index (Phi) is 40.6. The number of esters is 2. The molecule has 4 atom stereocenters. The number of pyridine rings is 4. The number of likely N-dealkylation sites (N-methyl/N-ethyl adjacent to an activating group) is 1. The summed E-state index contributed by atoms with van der Waals surface area (Å²) in [4.78, 5) is 158. The number of amides is 2. The van der Waals surface area contributed by atoms with Gasteiger partial charge in [-0.1, -0.05) is 199 Å². The molecule has 4 aromatic heterocycles. The van der Waals surface area contributed by atoms with Gasteiger partial charge in [-0.2, -0.15) is 5.26 Å². The van der Waals surface area contributed by atoms with Gasteiger partial charge in [0.2, 0.25) is 11.8 Å². The molecule has 0 aliphatic carbocycles. The average Bonchev–Trinajstić information content (AvgIpc) is 0.772. The molecule has 0 fully saturated rings. The van der Waals surface area contributed by atoms with Crippen molar-refractivity contribution < 1.29 is 112 Å². The minimum atomic E-state index is -1.32. The maximum atomic E-state index is 14.8. The summed E-state index contributed by atoms with van der Waals surface area (Å²) in [6.07, 6.45) is -0.839. The predicted molar refractivity (Wildman–Crippen MR) is 525 cm³/mol. The van der Waals surface area contributed by atoms with Crippen LogP contribution in [0.1, 0.15) is 226 Å². The number of aromatic nitrogens is 4. The van der Waals surface area contributed by atoms with E-state index in [1.807, 2.05) is 66.7 Å². The van der Waals surface area contributed by atoms with Gasteiger partial charge in [0.25, 0.3) is 17.1 Å². The average molecular weight is 1910 g/mol. The molecule has 4 bridgehead atoms. The van der Waals surface area contributed by atoms with E-state index < -0.39 is 86.4 Å². The molecule has 5 heterocycles. The number of nitrogens with zero attached hydrogens (tertiary/aromatic N) is 9. The van der Waals surface area contributed by atoms with Gasteiger partial charge in [0.05, 0.1) is 86.3 Å². The number of hydrogen-bond donors (Lipinski definition) is 6. The summed E-state index contributed by atoms with van der Waals surface area (Å²) in [6, 6.07) is 45.3. The van der Waals surface area contributed by atoms with Crippen LogP contribution in [-0.4, -0.2) is 157 Å². The first-order valence-electron chi connectivity index (χ1n) is 44.6. The second-order valence-corrected chi connectivity index (χ2v) is 37.5. The van der Waals surface area contributed by atoms with Crippen LogP contribution in [-0.2, 0) is 56.7 Å². The SMILES string of the molecule is COC(=O)c1cc(N)c(-c2ccc(C(C)(C)C)cc2)nc1C.COC(=O)c1cc([N+](=O)[O-])c(-c2ccc(C(C)(C)C)cc2)nc1C.Cc1nc(-c2ccc(C(C)(C)C)cc2)c([N+](=O)[O-])cc1C(=O)C[C@@H](CCN)C(=O)N(C)[C@@H]1C(=O)C[C@@H](C)C(=O)N[C@H](C(=O)CCC#N)Cc2ccc(OCCN)c(c2)-c2cc1ccc2OCCN.Cc1nc(-c2ccc(C(C)(C)C)cc2)c([N+](=O)[O-])cc1C(=O)O.[Na+].[OH-]. The molecule has 139 heavy (non-hydrogen) atoms. The first-order chi connectivity index (χ1) is 64.3. The first-order valence-corrected chi connectivity index (χ1v) is 44.6. The molecule has 0 spiro atoms. The summed E-state index contributed by atoms with van der Waals surface area (Å²) in [5.41, 5.74) is 35.4. The zero-order valence-electron chi connectivity index (χ0n) is 82.7. The third-order valence-electron chi connectivity index (χ3n) is 23.2. The number of carboxylic acid groups (broad SMARTS) is 1. The van der Waals surface area contributed by atoms with Crippen LogP contribution in [0.15, 0.2) is 158 Å². The van der Waals surface area contributed by atoms with Crippen molar-refractivity contribution in [3.8, 4) is 73.7 Å². The van der Waals surface area contributed by atoms with Crippen LogP contribution in [0.2, 0.25) is 0 Å². The van der Waals surface area contributed by atoms with Gasteiger partial charge in [-0.25, -0.2) is 29.3 Å². The minimum Gasteiger partial charge on any atom is -0.870 e. The van der Waals surface area contributed by atoms with Gasteiger partial charge >= 0.3 is 47.5 Å². The van der Waals surface area contributed by atoms with E-state index in [2.05, 4.69) is 125 Å². The maximum Gasteiger partial charge on any atom is 1.00 e. The van der Waals surface area contributed by atoms with Crippen molar-refractivity contribution in [1.82, 2.24) is 30.2 Å². The smallest absolute Gasteiger partial charge is 0.870 e. The molecule has 34 nitrogen and oxygen atoms in total. The molecule has 2 amide bonds. The van der Waals surface area contributed by atoms with Crippen molar-refractivity contribution in [3.63, 3.8) is 0 Å². The number of aromatic carboxylic acids is 1. The maximum absolute atomic E-state index is 14.8. The van der Waals surface area contributed by atoms with Crippen molar-refractivity contribution in [2.45, 2.75) is 190 Å². The van der Waals surface area contributed by atoms with Crippen molar-refractivity contribution in [3.05, 3.63) is 266 Å².